The number of hydrogen-bond acceptors (Lipinski definition) is 6. The van der Waals surface area contributed by atoms with Crippen LogP contribution in [0.3, 0.4) is 0 Å². The van der Waals surface area contributed by atoms with Crippen molar-refractivity contribution in [1.29, 1.82) is 0 Å². The summed E-state index contributed by atoms with van der Waals surface area (Å²) >= 11 is 3.80. The van der Waals surface area contributed by atoms with Gasteiger partial charge in [0.25, 0.3) is 0 Å². The molecule has 1 aromatic heterocycles. The van der Waals surface area contributed by atoms with E-state index in [1.165, 1.54) is 10.6 Å². The van der Waals surface area contributed by atoms with E-state index in [2.05, 4.69) is 16.8 Å². The van der Waals surface area contributed by atoms with E-state index in [0.29, 0.717) is 4.75 Å². The Hall–Kier alpha value is -0.630. The molecule has 0 saturated carbocycles. The molecule has 0 unspecified atom stereocenters. The Morgan fingerprint density at radius 3 is 2.92 bits per heavy atom. The average molecular weight is 368 g/mol. The summed E-state index contributed by atoms with van der Waals surface area (Å²) in [7, 11) is 0. The quantitative estimate of drug-likeness (QED) is 0.798. The number of thioether (sulfide) groups is 1. The van der Waals surface area contributed by atoms with Crippen molar-refractivity contribution in [3.05, 3.63) is 16.1 Å². The minimum atomic E-state index is 0.175. The normalized spacial score (nSPS) is 26.2. The van der Waals surface area contributed by atoms with Crippen molar-refractivity contribution < 1.29 is 9.53 Å². The van der Waals surface area contributed by atoms with Crippen LogP contribution in [-0.2, 0) is 16.1 Å². The van der Waals surface area contributed by atoms with Crippen molar-refractivity contribution in [2.24, 2.45) is 0 Å². The number of likely N-dealkylation sites (tertiary alicyclic amines) is 2. The van der Waals surface area contributed by atoms with Crippen LogP contribution in [-0.4, -0.2) is 70.1 Å². The van der Waals surface area contributed by atoms with Gasteiger partial charge in [-0.25, -0.2) is 4.98 Å². The lowest BCUT2D eigenvalue weighted by Crippen LogP contribution is -2.58. The van der Waals surface area contributed by atoms with Gasteiger partial charge in [-0.1, -0.05) is 0 Å². The summed E-state index contributed by atoms with van der Waals surface area (Å²) in [6.45, 7) is 7.48. The molecule has 4 rings (SSSR count). The first-order valence-electron chi connectivity index (χ1n) is 8.78. The average Bonchev–Trinajstić information content (AvgIpc) is 3.26. The molecule has 3 aliphatic rings. The molecule has 3 fully saturated rings. The standard InChI is InChI=1S/C17H25N3O2S2/c1-13-15(23-12-18-13)7-19-10-17(11-19)6-14(9-24-17)22-8-16(21)20-4-2-3-5-20/h12,14H,2-11H2,1H3/t14-/m1/s1. The van der Waals surface area contributed by atoms with E-state index in [9.17, 15) is 4.79 Å². The second-order valence-corrected chi connectivity index (χ2v) is 9.65. The molecule has 0 radical (unpaired) electrons. The number of carbonyl (C=O) groups excluding carboxylic acids is 1. The zero-order valence-electron chi connectivity index (χ0n) is 14.2. The molecule has 1 amide bonds. The van der Waals surface area contributed by atoms with Gasteiger partial charge in [-0.3, -0.25) is 9.69 Å². The van der Waals surface area contributed by atoms with E-state index in [1.807, 2.05) is 22.2 Å². The van der Waals surface area contributed by atoms with E-state index in [4.69, 9.17) is 4.74 Å². The van der Waals surface area contributed by atoms with Gasteiger partial charge < -0.3 is 9.64 Å². The monoisotopic (exact) mass is 367 g/mol. The third-order valence-corrected chi connectivity index (χ3v) is 7.81. The van der Waals surface area contributed by atoms with Gasteiger partial charge in [-0.15, -0.1) is 23.1 Å². The van der Waals surface area contributed by atoms with Crippen molar-refractivity contribution in [2.75, 3.05) is 38.5 Å². The van der Waals surface area contributed by atoms with Crippen LogP contribution in [0.5, 0.6) is 0 Å². The SMILES string of the molecule is Cc1ncsc1CN1CC2(C[C@@H](OCC(=O)N3CCCC3)CS2)C1. The molecule has 0 bridgehead atoms. The summed E-state index contributed by atoms with van der Waals surface area (Å²) in [4.78, 5) is 22.3. The van der Waals surface area contributed by atoms with Crippen molar-refractivity contribution in [3.63, 3.8) is 0 Å². The molecule has 3 aliphatic heterocycles. The van der Waals surface area contributed by atoms with Crippen LogP contribution in [0.2, 0.25) is 0 Å². The van der Waals surface area contributed by atoms with Gasteiger partial charge in [0.05, 0.1) is 17.3 Å². The number of nitrogens with zero attached hydrogens (tertiary/aromatic N) is 3. The molecule has 7 heteroatoms. The zero-order chi connectivity index (χ0) is 16.6. The summed E-state index contributed by atoms with van der Waals surface area (Å²) in [6, 6.07) is 0. The minimum absolute atomic E-state index is 0.175. The Kier molecular flexibility index (Phi) is 4.86. The predicted octanol–water partition coefficient (Wildman–Crippen LogP) is 2.15. The number of ether oxygens (including phenoxy) is 1. The van der Waals surface area contributed by atoms with Crippen LogP contribution < -0.4 is 0 Å². The maximum atomic E-state index is 12.1. The van der Waals surface area contributed by atoms with Crippen molar-refractivity contribution in [1.82, 2.24) is 14.8 Å². The zero-order valence-corrected chi connectivity index (χ0v) is 15.8. The topological polar surface area (TPSA) is 45.7 Å². The van der Waals surface area contributed by atoms with Crippen LogP contribution in [0.4, 0.5) is 0 Å². The van der Waals surface area contributed by atoms with E-state index < -0.39 is 0 Å². The maximum Gasteiger partial charge on any atom is 0.248 e. The summed E-state index contributed by atoms with van der Waals surface area (Å²) < 4.78 is 6.29. The number of amides is 1. The predicted molar refractivity (Wildman–Crippen MR) is 97.5 cm³/mol. The highest BCUT2D eigenvalue weighted by Crippen LogP contribution is 2.46. The highest BCUT2D eigenvalue weighted by Gasteiger charge is 2.49. The molecule has 1 spiro atoms. The Labute approximate surface area is 151 Å². The van der Waals surface area contributed by atoms with Gasteiger partial charge in [0.2, 0.25) is 5.91 Å². The molecule has 0 aliphatic carbocycles. The number of aryl methyl sites for hydroxylation is 1. The van der Waals surface area contributed by atoms with Crippen molar-refractivity contribution in [3.8, 4) is 0 Å². The Bertz CT molecular complexity index is 594. The van der Waals surface area contributed by atoms with Crippen LogP contribution in [0.1, 0.15) is 29.8 Å². The van der Waals surface area contributed by atoms with Crippen molar-refractivity contribution in [2.45, 2.75) is 43.6 Å². The van der Waals surface area contributed by atoms with E-state index in [-0.39, 0.29) is 18.6 Å². The largest absolute Gasteiger partial charge is 0.367 e. The van der Waals surface area contributed by atoms with Crippen LogP contribution >= 0.6 is 23.1 Å². The highest BCUT2D eigenvalue weighted by atomic mass is 32.2. The molecular formula is C17H25N3O2S2. The number of aromatic nitrogens is 1. The Balaban J connectivity index is 1.20. The minimum Gasteiger partial charge on any atom is -0.367 e. The summed E-state index contributed by atoms with van der Waals surface area (Å²) in [6.07, 6.45) is 3.61. The van der Waals surface area contributed by atoms with Gasteiger partial charge >= 0.3 is 0 Å². The highest BCUT2D eigenvalue weighted by molar-refractivity contribution is 8.01. The van der Waals surface area contributed by atoms with E-state index >= 15 is 0 Å². The molecule has 24 heavy (non-hydrogen) atoms. The fourth-order valence-corrected chi connectivity index (χ4v) is 6.36. The first-order valence-corrected chi connectivity index (χ1v) is 10.6. The fourth-order valence-electron chi connectivity index (χ4n) is 3.94. The Morgan fingerprint density at radius 1 is 1.42 bits per heavy atom. The molecule has 0 N–H and O–H groups in total. The molecule has 4 heterocycles. The lowest BCUT2D eigenvalue weighted by atomic mass is 9.93. The number of hydrogen-bond donors (Lipinski definition) is 0. The van der Waals surface area contributed by atoms with E-state index in [1.54, 1.807) is 11.3 Å². The first-order chi connectivity index (χ1) is 11.6. The lowest BCUT2D eigenvalue weighted by molar-refractivity contribution is -0.136. The van der Waals surface area contributed by atoms with Crippen LogP contribution in [0.15, 0.2) is 5.51 Å². The van der Waals surface area contributed by atoms with Gasteiger partial charge in [0, 0.05) is 48.1 Å². The summed E-state index contributed by atoms with van der Waals surface area (Å²) in [5.74, 6) is 1.20. The second kappa shape index (κ2) is 6.94. The number of rotatable bonds is 5. The summed E-state index contributed by atoms with van der Waals surface area (Å²) in [5.41, 5.74) is 3.10. The van der Waals surface area contributed by atoms with Gasteiger partial charge in [0.15, 0.2) is 0 Å². The smallest absolute Gasteiger partial charge is 0.248 e. The molecule has 1 atom stereocenters. The Morgan fingerprint density at radius 2 is 2.21 bits per heavy atom. The van der Waals surface area contributed by atoms with Gasteiger partial charge in [0.1, 0.15) is 6.61 Å². The third-order valence-electron chi connectivity index (χ3n) is 5.31. The molecule has 132 valence electrons. The fraction of sp³-hybridized carbons (Fsp3) is 0.765. The lowest BCUT2D eigenvalue weighted by Gasteiger charge is -2.47. The first kappa shape index (κ1) is 16.8. The number of carbonyl (C=O) groups is 1. The van der Waals surface area contributed by atoms with E-state index in [0.717, 1.165) is 57.7 Å². The second-order valence-electron chi connectivity index (χ2n) is 7.23. The summed E-state index contributed by atoms with van der Waals surface area (Å²) in [5, 5.41) is 0. The molecule has 1 aromatic rings. The molecule has 3 saturated heterocycles. The van der Waals surface area contributed by atoms with Crippen LogP contribution in [0.25, 0.3) is 0 Å². The van der Waals surface area contributed by atoms with Crippen molar-refractivity contribution >= 4 is 29.0 Å². The molecular weight excluding hydrogens is 342 g/mol. The third kappa shape index (κ3) is 3.49. The van der Waals surface area contributed by atoms with Gasteiger partial charge in [-0.05, 0) is 26.2 Å². The molecule has 0 aromatic carbocycles. The van der Waals surface area contributed by atoms with Crippen LogP contribution in [0, 0.1) is 6.92 Å². The molecule has 5 nitrogen and oxygen atoms in total. The maximum absolute atomic E-state index is 12.1. The van der Waals surface area contributed by atoms with Gasteiger partial charge in [-0.2, -0.15) is 0 Å². The number of thiazole rings is 1.